The van der Waals surface area contributed by atoms with E-state index in [-0.39, 0.29) is 6.42 Å². The molecule has 0 spiro atoms. The van der Waals surface area contributed by atoms with Crippen molar-refractivity contribution >= 4 is 50.7 Å². The molecule has 0 saturated heterocycles. The molecule has 0 atom stereocenters. The molecule has 26 heavy (non-hydrogen) atoms. The fourth-order valence-electron chi connectivity index (χ4n) is 2.57. The predicted molar refractivity (Wildman–Crippen MR) is 115 cm³/mol. The lowest BCUT2D eigenvalue weighted by molar-refractivity contribution is -0.136. The zero-order chi connectivity index (χ0) is 18.7. The van der Waals surface area contributed by atoms with Crippen LogP contribution in [0.3, 0.4) is 0 Å². The Morgan fingerprint density at radius 2 is 1.81 bits per heavy atom. The van der Waals surface area contributed by atoms with Crippen LogP contribution in [0.1, 0.15) is 30.2 Å². The fourth-order valence-corrected chi connectivity index (χ4v) is 3.93. The molecule has 0 unspecified atom stereocenters. The van der Waals surface area contributed by atoms with E-state index in [2.05, 4.69) is 58.9 Å². The summed E-state index contributed by atoms with van der Waals surface area (Å²) in [5.74, 6) is -0.398. The van der Waals surface area contributed by atoms with Gasteiger partial charge in [0.2, 0.25) is 0 Å². The second-order valence-corrected chi connectivity index (χ2v) is 8.60. The van der Waals surface area contributed by atoms with Gasteiger partial charge in [-0.15, -0.1) is 11.3 Å². The van der Waals surface area contributed by atoms with Crippen molar-refractivity contribution in [1.82, 2.24) is 4.98 Å². The van der Waals surface area contributed by atoms with E-state index in [0.29, 0.717) is 11.0 Å². The molecule has 3 rings (SSSR count). The van der Waals surface area contributed by atoms with Crippen molar-refractivity contribution in [1.29, 1.82) is 0 Å². The highest BCUT2D eigenvalue weighted by atomic mass is 127. The van der Waals surface area contributed by atoms with Gasteiger partial charge in [-0.25, -0.2) is 4.98 Å². The number of aliphatic carboxylic acids is 1. The van der Waals surface area contributed by atoms with Crippen molar-refractivity contribution < 1.29 is 9.90 Å². The molecule has 0 saturated carbocycles. The number of carbonyl (C=O) groups is 1. The third kappa shape index (κ3) is 4.62. The van der Waals surface area contributed by atoms with Gasteiger partial charge in [0, 0.05) is 19.7 Å². The van der Waals surface area contributed by atoms with Crippen molar-refractivity contribution in [3.05, 3.63) is 62.5 Å². The summed E-state index contributed by atoms with van der Waals surface area (Å²) < 4.78 is 1.16. The maximum absolute atomic E-state index is 11.3. The standard InChI is InChI=1S/C20H19IN2O2S/c1-12(2)13-3-5-14(6-4-13)19-17(11-18(24)25)26-20(23-19)22-16-9-7-15(21)8-10-16/h3-10,12H,11H2,1-2H3,(H,22,23)(H,24,25). The molecule has 0 aliphatic carbocycles. The Morgan fingerprint density at radius 1 is 1.15 bits per heavy atom. The van der Waals surface area contributed by atoms with E-state index in [1.807, 2.05) is 36.4 Å². The molecule has 0 aliphatic heterocycles. The lowest BCUT2D eigenvalue weighted by Gasteiger charge is -2.06. The van der Waals surface area contributed by atoms with Gasteiger partial charge >= 0.3 is 5.97 Å². The Labute approximate surface area is 170 Å². The maximum Gasteiger partial charge on any atom is 0.308 e. The number of halogens is 1. The molecule has 0 amide bonds. The minimum atomic E-state index is -0.852. The summed E-state index contributed by atoms with van der Waals surface area (Å²) in [5.41, 5.74) is 3.86. The molecule has 2 N–H and O–H groups in total. The Balaban J connectivity index is 1.93. The largest absolute Gasteiger partial charge is 0.481 e. The first-order chi connectivity index (χ1) is 12.4. The topological polar surface area (TPSA) is 62.2 Å². The van der Waals surface area contributed by atoms with Crippen molar-refractivity contribution in [2.24, 2.45) is 0 Å². The Bertz CT molecular complexity index is 903. The number of carboxylic acid groups (broad SMARTS) is 1. The zero-order valence-electron chi connectivity index (χ0n) is 14.5. The van der Waals surface area contributed by atoms with Crippen LogP contribution in [0.15, 0.2) is 48.5 Å². The van der Waals surface area contributed by atoms with E-state index in [9.17, 15) is 9.90 Å². The monoisotopic (exact) mass is 478 g/mol. The molecule has 1 aromatic heterocycles. The third-order valence-electron chi connectivity index (χ3n) is 3.96. The molecule has 134 valence electrons. The summed E-state index contributed by atoms with van der Waals surface area (Å²) in [7, 11) is 0. The molecule has 0 bridgehead atoms. The molecular formula is C20H19IN2O2S. The first-order valence-corrected chi connectivity index (χ1v) is 10.2. The summed E-state index contributed by atoms with van der Waals surface area (Å²) in [6.07, 6.45) is -0.0344. The first-order valence-electron chi connectivity index (χ1n) is 8.27. The smallest absolute Gasteiger partial charge is 0.308 e. The van der Waals surface area contributed by atoms with Gasteiger partial charge in [0.25, 0.3) is 0 Å². The quantitative estimate of drug-likeness (QED) is 0.433. The molecule has 2 aromatic carbocycles. The average molecular weight is 478 g/mol. The number of nitrogens with one attached hydrogen (secondary N) is 1. The lowest BCUT2D eigenvalue weighted by atomic mass is 10.0. The maximum atomic E-state index is 11.3. The van der Waals surface area contributed by atoms with Gasteiger partial charge < -0.3 is 10.4 Å². The minimum absolute atomic E-state index is 0.0344. The molecule has 6 heteroatoms. The van der Waals surface area contributed by atoms with E-state index < -0.39 is 5.97 Å². The van der Waals surface area contributed by atoms with E-state index in [4.69, 9.17) is 0 Å². The number of carboxylic acids is 1. The number of rotatable bonds is 6. The number of nitrogens with zero attached hydrogens (tertiary/aromatic N) is 1. The van der Waals surface area contributed by atoms with Gasteiger partial charge in [0.15, 0.2) is 5.13 Å². The summed E-state index contributed by atoms with van der Waals surface area (Å²) in [6.45, 7) is 4.30. The normalized spacial score (nSPS) is 10.9. The molecule has 1 heterocycles. The van der Waals surface area contributed by atoms with Gasteiger partial charge in [-0.3, -0.25) is 4.79 Å². The number of benzene rings is 2. The third-order valence-corrected chi connectivity index (χ3v) is 5.65. The lowest BCUT2D eigenvalue weighted by Crippen LogP contribution is -1.99. The predicted octanol–water partition coefficient (Wildman–Crippen LogP) is 5.91. The highest BCUT2D eigenvalue weighted by molar-refractivity contribution is 14.1. The molecule has 3 aromatic rings. The molecule has 0 fully saturated rings. The second-order valence-electron chi connectivity index (χ2n) is 6.27. The van der Waals surface area contributed by atoms with E-state index >= 15 is 0 Å². The Morgan fingerprint density at radius 3 is 2.38 bits per heavy atom. The van der Waals surface area contributed by atoms with Crippen LogP contribution in [0.25, 0.3) is 11.3 Å². The Hall–Kier alpha value is -1.93. The van der Waals surface area contributed by atoms with Gasteiger partial charge in [0.05, 0.1) is 12.1 Å². The van der Waals surface area contributed by atoms with Crippen LogP contribution < -0.4 is 5.32 Å². The number of hydrogen-bond acceptors (Lipinski definition) is 4. The minimum Gasteiger partial charge on any atom is -0.481 e. The van der Waals surface area contributed by atoms with E-state index in [1.165, 1.54) is 16.9 Å². The SMILES string of the molecule is CC(C)c1ccc(-c2nc(Nc3ccc(I)cc3)sc2CC(=O)O)cc1. The van der Waals surface area contributed by atoms with Crippen molar-refractivity contribution in [2.75, 3.05) is 5.32 Å². The van der Waals surface area contributed by atoms with Crippen LogP contribution in [-0.4, -0.2) is 16.1 Å². The first kappa shape index (κ1) is 18.8. The highest BCUT2D eigenvalue weighted by Crippen LogP contribution is 2.34. The molecular weight excluding hydrogens is 459 g/mol. The number of hydrogen-bond donors (Lipinski definition) is 2. The van der Waals surface area contributed by atoms with Gasteiger partial charge in [-0.05, 0) is 58.3 Å². The van der Waals surface area contributed by atoms with Crippen molar-refractivity contribution in [2.45, 2.75) is 26.2 Å². The summed E-state index contributed by atoms with van der Waals surface area (Å²) in [5, 5.41) is 13.2. The highest BCUT2D eigenvalue weighted by Gasteiger charge is 2.16. The van der Waals surface area contributed by atoms with E-state index in [1.54, 1.807) is 0 Å². The summed E-state index contributed by atoms with van der Waals surface area (Å²) >= 11 is 3.65. The van der Waals surface area contributed by atoms with Gasteiger partial charge in [-0.2, -0.15) is 0 Å². The molecule has 0 radical (unpaired) electrons. The van der Waals surface area contributed by atoms with Crippen LogP contribution in [0.2, 0.25) is 0 Å². The van der Waals surface area contributed by atoms with Crippen LogP contribution in [-0.2, 0) is 11.2 Å². The van der Waals surface area contributed by atoms with Crippen molar-refractivity contribution in [3.8, 4) is 11.3 Å². The van der Waals surface area contributed by atoms with E-state index in [0.717, 1.165) is 25.4 Å². The summed E-state index contributed by atoms with van der Waals surface area (Å²) in [6, 6.07) is 16.2. The van der Waals surface area contributed by atoms with Crippen LogP contribution in [0, 0.1) is 3.57 Å². The van der Waals surface area contributed by atoms with Crippen LogP contribution in [0.4, 0.5) is 10.8 Å². The van der Waals surface area contributed by atoms with Crippen LogP contribution in [0.5, 0.6) is 0 Å². The Kier molecular flexibility index (Phi) is 5.93. The number of aromatic nitrogens is 1. The van der Waals surface area contributed by atoms with Crippen molar-refractivity contribution in [3.63, 3.8) is 0 Å². The summed E-state index contributed by atoms with van der Waals surface area (Å²) in [4.78, 5) is 16.7. The number of anilines is 2. The average Bonchev–Trinajstić information content (AvgIpc) is 2.98. The number of thiazole rings is 1. The van der Waals surface area contributed by atoms with Gasteiger partial charge in [0.1, 0.15) is 0 Å². The molecule has 0 aliphatic rings. The van der Waals surface area contributed by atoms with Crippen LogP contribution >= 0.6 is 33.9 Å². The zero-order valence-corrected chi connectivity index (χ0v) is 17.5. The molecule has 4 nitrogen and oxygen atoms in total. The van der Waals surface area contributed by atoms with Gasteiger partial charge in [-0.1, -0.05) is 38.1 Å². The fraction of sp³-hybridized carbons (Fsp3) is 0.200. The second kappa shape index (κ2) is 8.18.